The predicted molar refractivity (Wildman–Crippen MR) is 162 cm³/mol. The Labute approximate surface area is 268 Å². The quantitative estimate of drug-likeness (QED) is 0.0391. The van der Waals surface area contributed by atoms with Crippen LogP contribution in [0.4, 0.5) is 0 Å². The van der Waals surface area contributed by atoms with Crippen LogP contribution in [0.15, 0.2) is 0 Å². The van der Waals surface area contributed by atoms with E-state index in [2.05, 4.69) is 0 Å². The molecule has 0 aliphatic heterocycles. The molecule has 0 aliphatic carbocycles. The second kappa shape index (κ2) is 33.0. The summed E-state index contributed by atoms with van der Waals surface area (Å²) in [6, 6.07) is 0. The molecule has 0 spiro atoms. The van der Waals surface area contributed by atoms with Gasteiger partial charge >= 0.3 is 0 Å². The first kappa shape index (κ1) is 59.0. The van der Waals surface area contributed by atoms with Crippen LogP contribution in [0, 0.1) is 0 Å². The first-order chi connectivity index (χ1) is 21.0. The number of aliphatic hydroxyl groups is 16. The van der Waals surface area contributed by atoms with Crippen molar-refractivity contribution in [2.24, 2.45) is 0 Å². The van der Waals surface area contributed by atoms with E-state index in [9.17, 15) is 0 Å². The van der Waals surface area contributed by atoms with E-state index in [0.29, 0.717) is 0 Å². The lowest BCUT2D eigenvalue weighted by Gasteiger charge is -2.15. The van der Waals surface area contributed by atoms with Crippen LogP contribution in [0.2, 0.25) is 0 Å². The zero-order valence-corrected chi connectivity index (χ0v) is 29.6. The van der Waals surface area contributed by atoms with Gasteiger partial charge < -0.3 is 99.9 Å². The molecule has 0 saturated heterocycles. The van der Waals surface area contributed by atoms with E-state index in [1.165, 1.54) is 0 Å². The van der Waals surface area contributed by atoms with Crippen LogP contribution < -0.4 is 0 Å². The SMILES string of the molecule is O=S(=O)([O-])[O-].O=S(=O)([O-])[O-].OC[P+](CO)(CO)CO.OC[P+](CO)(CO)CO.OC[P+](CO)(CO)CO.OC[P+](CO)(CO)CO. The summed E-state index contributed by atoms with van der Waals surface area (Å²) in [5.74, 6) is 0. The van der Waals surface area contributed by atoms with Crippen LogP contribution in [0.1, 0.15) is 0 Å². The first-order valence-electron chi connectivity index (χ1n) is 11.5. The van der Waals surface area contributed by atoms with Crippen molar-refractivity contribution in [1.82, 2.24) is 0 Å². The van der Waals surface area contributed by atoms with Crippen molar-refractivity contribution >= 4 is 49.8 Å². The van der Waals surface area contributed by atoms with Gasteiger partial charge in [-0.1, -0.05) is 0 Å². The van der Waals surface area contributed by atoms with E-state index < -0.39 is 49.8 Å². The maximum Gasteiger partial charge on any atom is 0.161 e. The molecule has 0 aromatic heterocycles. The third-order valence-corrected chi connectivity index (χ3v) is 14.4. The lowest BCUT2D eigenvalue weighted by molar-refractivity contribution is 0.287. The molecule has 0 aromatic carbocycles. The minimum absolute atomic E-state index is 0.295. The van der Waals surface area contributed by atoms with E-state index >= 15 is 0 Å². The summed E-state index contributed by atoms with van der Waals surface area (Å²) in [6.45, 7) is 0. The van der Waals surface area contributed by atoms with Crippen molar-refractivity contribution in [3.63, 3.8) is 0 Å². The van der Waals surface area contributed by atoms with Crippen LogP contribution in [0.5, 0.6) is 0 Å². The van der Waals surface area contributed by atoms with Crippen LogP contribution >= 0.6 is 29.0 Å². The second-order valence-corrected chi connectivity index (χ2v) is 25.3. The lowest BCUT2D eigenvalue weighted by atomic mass is 11.6. The molecule has 0 rings (SSSR count). The largest absolute Gasteiger partial charge is 0.759 e. The van der Waals surface area contributed by atoms with Gasteiger partial charge in [-0.3, -0.25) is 16.8 Å². The molecule has 0 fully saturated rings. The molecule has 0 heterocycles. The Kier molecular flexibility index (Phi) is 42.3. The standard InChI is InChI=1S/4C4H12O4P.2H2O4S/c4*5-1-9(2-6,3-7)4-8;2*1-5(2,3)4/h4*5-8H,1-4H2;2*(H2,1,2,3,4)/q4*+1;;/p-4. The maximum absolute atomic E-state index is 8.55. The van der Waals surface area contributed by atoms with Gasteiger partial charge in [0, 0.05) is 20.8 Å². The van der Waals surface area contributed by atoms with Gasteiger partial charge in [0.05, 0.1) is 0 Å². The summed E-state index contributed by atoms with van der Waals surface area (Å²) in [6.07, 6.45) is -4.72. The Balaban J connectivity index is -0.000000106. The van der Waals surface area contributed by atoms with Crippen molar-refractivity contribution in [1.29, 1.82) is 0 Å². The fraction of sp³-hybridized carbons (Fsp3) is 1.00. The van der Waals surface area contributed by atoms with Gasteiger partial charge in [-0.25, -0.2) is 0 Å². The summed E-state index contributed by atoms with van der Waals surface area (Å²) in [4.78, 5) is 0. The Morgan fingerprint density at radius 2 is 0.304 bits per heavy atom. The predicted octanol–water partition coefficient (Wildman–Crippen LogP) is -7.46. The molecule has 0 amide bonds. The van der Waals surface area contributed by atoms with E-state index in [-0.39, 0.29) is 102 Å². The maximum atomic E-state index is 8.55. The summed E-state index contributed by atoms with van der Waals surface area (Å²) in [5.41, 5.74) is 0. The van der Waals surface area contributed by atoms with E-state index in [0.717, 1.165) is 0 Å². The van der Waals surface area contributed by atoms with Gasteiger partial charge in [-0.2, -0.15) is 0 Å². The molecular formula is C16H48O24P4S2. The van der Waals surface area contributed by atoms with Crippen LogP contribution in [0.3, 0.4) is 0 Å². The minimum Gasteiger partial charge on any atom is -0.759 e. The Morgan fingerprint density at radius 3 is 0.304 bits per heavy atom. The molecule has 0 radical (unpaired) electrons. The molecule has 46 heavy (non-hydrogen) atoms. The van der Waals surface area contributed by atoms with E-state index in [1.807, 2.05) is 0 Å². The van der Waals surface area contributed by atoms with Crippen LogP contribution in [-0.2, 0) is 20.8 Å². The molecule has 0 unspecified atom stereocenters. The third kappa shape index (κ3) is 36.1. The first-order valence-corrected chi connectivity index (χ1v) is 24.2. The molecule has 24 nitrogen and oxygen atoms in total. The summed E-state index contributed by atoms with van der Waals surface area (Å²) in [5, 5.41) is 137. The second-order valence-electron chi connectivity index (χ2n) is 8.45. The van der Waals surface area contributed by atoms with Gasteiger partial charge in [0.2, 0.25) is 0 Å². The summed E-state index contributed by atoms with van der Waals surface area (Å²) >= 11 is 0. The monoisotopic (exact) mass is 812 g/mol. The Hall–Kier alpha value is 0.820. The molecule has 30 heteroatoms. The highest BCUT2D eigenvalue weighted by Gasteiger charge is 2.36. The smallest absolute Gasteiger partial charge is 0.161 e. The van der Waals surface area contributed by atoms with Crippen LogP contribution in [0.25, 0.3) is 0 Å². The van der Waals surface area contributed by atoms with Crippen molar-refractivity contribution in [2.45, 2.75) is 0 Å². The average Bonchev–Trinajstić information content (AvgIpc) is 3.02. The number of aliphatic hydroxyl groups excluding tert-OH is 16. The van der Waals surface area contributed by atoms with Gasteiger partial charge in [0.15, 0.2) is 102 Å². The fourth-order valence-corrected chi connectivity index (χ4v) is 3.22. The van der Waals surface area contributed by atoms with Gasteiger partial charge in [0.1, 0.15) is 29.0 Å². The zero-order chi connectivity index (χ0) is 38.3. The molecule has 0 saturated carbocycles. The zero-order valence-electron chi connectivity index (χ0n) is 24.3. The molecule has 288 valence electrons. The number of rotatable bonds is 16. The van der Waals surface area contributed by atoms with Crippen LogP contribution in [-0.4, -0.2) is 218 Å². The average molecular weight is 813 g/mol. The van der Waals surface area contributed by atoms with E-state index in [1.54, 1.807) is 0 Å². The van der Waals surface area contributed by atoms with Gasteiger partial charge in [0.25, 0.3) is 0 Å². The van der Waals surface area contributed by atoms with E-state index in [4.69, 9.17) is 117 Å². The van der Waals surface area contributed by atoms with Crippen molar-refractivity contribution in [3.8, 4) is 0 Å². The minimum atomic E-state index is -5.17. The number of hydrogen-bond acceptors (Lipinski definition) is 24. The molecular weight excluding hydrogens is 764 g/mol. The summed E-state index contributed by atoms with van der Waals surface area (Å²) in [7, 11) is -19.1. The molecule has 0 bridgehead atoms. The van der Waals surface area contributed by atoms with Crippen molar-refractivity contribution in [3.05, 3.63) is 0 Å². The lowest BCUT2D eigenvalue weighted by Crippen LogP contribution is -2.10. The fourth-order valence-electron chi connectivity index (χ4n) is 1.07. The topological polar surface area (TPSA) is 484 Å². The van der Waals surface area contributed by atoms with Gasteiger partial charge in [-0.15, -0.1) is 0 Å². The highest BCUT2D eigenvalue weighted by molar-refractivity contribution is 7.80. The number of hydrogen-bond donors (Lipinski definition) is 16. The Morgan fingerprint density at radius 1 is 0.261 bits per heavy atom. The highest BCUT2D eigenvalue weighted by atomic mass is 32.3. The molecule has 16 N–H and O–H groups in total. The molecule has 0 aliphatic rings. The Bertz CT molecular complexity index is 656. The van der Waals surface area contributed by atoms with Crippen molar-refractivity contribution < 1.29 is 117 Å². The van der Waals surface area contributed by atoms with Crippen molar-refractivity contribution in [2.75, 3.05) is 102 Å². The normalized spacial score (nSPS) is 11.9. The summed E-state index contributed by atoms with van der Waals surface area (Å²) < 4.78 is 68.2. The molecule has 0 aromatic rings. The molecule has 0 atom stereocenters. The third-order valence-electron chi connectivity index (χ3n) is 4.80. The highest BCUT2D eigenvalue weighted by Crippen LogP contribution is 2.56. The van der Waals surface area contributed by atoms with Gasteiger partial charge in [-0.05, 0) is 0 Å².